The van der Waals surface area contributed by atoms with Crippen LogP contribution in [0.2, 0.25) is 0 Å². The van der Waals surface area contributed by atoms with Crippen molar-refractivity contribution in [1.29, 1.82) is 0 Å². The number of hydrogen-bond donors (Lipinski definition) is 2. The third kappa shape index (κ3) is 3.48. The van der Waals surface area contributed by atoms with E-state index in [2.05, 4.69) is 5.32 Å². The highest BCUT2D eigenvalue weighted by Crippen LogP contribution is 2.07. The summed E-state index contributed by atoms with van der Waals surface area (Å²) in [5.74, 6) is -1.01. The SMILES string of the molecule is CNC(C)(C)C(=O)CCC(=O)O. The average Bonchev–Trinajstić information content (AvgIpc) is 2.00. The molecule has 0 atom stereocenters. The number of carbonyl (C=O) groups excluding carboxylic acids is 1. The minimum absolute atomic E-state index is 0.0765. The smallest absolute Gasteiger partial charge is 0.303 e. The highest BCUT2D eigenvalue weighted by Gasteiger charge is 2.24. The fraction of sp³-hybridized carbons (Fsp3) is 0.750. The Morgan fingerprint density at radius 1 is 1.33 bits per heavy atom. The number of carboxylic acids is 1. The third-order valence-corrected chi connectivity index (χ3v) is 1.89. The molecule has 0 aliphatic carbocycles. The molecule has 0 aliphatic heterocycles. The van der Waals surface area contributed by atoms with E-state index in [9.17, 15) is 9.59 Å². The molecular weight excluding hydrogens is 158 g/mol. The molecule has 0 fully saturated rings. The van der Waals surface area contributed by atoms with Gasteiger partial charge in [0.1, 0.15) is 0 Å². The van der Waals surface area contributed by atoms with Crippen molar-refractivity contribution in [2.75, 3.05) is 7.05 Å². The van der Waals surface area contributed by atoms with Crippen LogP contribution >= 0.6 is 0 Å². The van der Waals surface area contributed by atoms with Crippen molar-refractivity contribution in [3.8, 4) is 0 Å². The summed E-state index contributed by atoms with van der Waals surface area (Å²) < 4.78 is 0. The first-order valence-corrected chi connectivity index (χ1v) is 3.84. The van der Waals surface area contributed by atoms with Gasteiger partial charge in [0, 0.05) is 6.42 Å². The molecule has 2 N–H and O–H groups in total. The summed E-state index contributed by atoms with van der Waals surface area (Å²) >= 11 is 0. The maximum atomic E-state index is 11.3. The molecule has 0 radical (unpaired) electrons. The molecule has 0 bridgehead atoms. The predicted molar refractivity (Wildman–Crippen MR) is 45.0 cm³/mol. The molecule has 0 saturated heterocycles. The number of ketones is 1. The van der Waals surface area contributed by atoms with E-state index in [4.69, 9.17) is 5.11 Å². The van der Waals surface area contributed by atoms with Crippen molar-refractivity contribution in [1.82, 2.24) is 5.32 Å². The zero-order chi connectivity index (χ0) is 9.78. The van der Waals surface area contributed by atoms with Crippen LogP contribution in [0.1, 0.15) is 26.7 Å². The second-order valence-corrected chi connectivity index (χ2v) is 3.19. The summed E-state index contributed by atoms with van der Waals surface area (Å²) in [6.07, 6.45) is -0.00683. The first-order chi connectivity index (χ1) is 5.40. The number of hydrogen-bond acceptors (Lipinski definition) is 3. The van der Waals surface area contributed by atoms with E-state index in [1.807, 2.05) is 0 Å². The van der Waals surface area contributed by atoms with Gasteiger partial charge in [0.05, 0.1) is 12.0 Å². The van der Waals surface area contributed by atoms with Crippen LogP contribution in [-0.2, 0) is 9.59 Å². The predicted octanol–water partition coefficient (Wildman–Crippen LogP) is 0.418. The Kier molecular flexibility index (Phi) is 3.89. The quantitative estimate of drug-likeness (QED) is 0.632. The molecule has 4 heteroatoms. The first-order valence-electron chi connectivity index (χ1n) is 3.84. The Bertz CT molecular complexity index is 187. The fourth-order valence-corrected chi connectivity index (χ4v) is 0.672. The topological polar surface area (TPSA) is 66.4 Å². The number of aliphatic carboxylic acids is 1. The highest BCUT2D eigenvalue weighted by atomic mass is 16.4. The minimum atomic E-state index is -0.935. The summed E-state index contributed by atoms with van der Waals surface area (Å²) in [6.45, 7) is 3.47. The Labute approximate surface area is 72.0 Å². The van der Waals surface area contributed by atoms with E-state index < -0.39 is 11.5 Å². The van der Waals surface area contributed by atoms with Crippen molar-refractivity contribution in [3.05, 3.63) is 0 Å². The molecule has 0 spiro atoms. The standard InChI is InChI=1S/C8H15NO3/c1-8(2,9-3)6(10)4-5-7(11)12/h9H,4-5H2,1-3H3,(H,11,12). The second kappa shape index (κ2) is 4.21. The van der Waals surface area contributed by atoms with Gasteiger partial charge in [-0.2, -0.15) is 0 Å². The molecule has 0 saturated carbocycles. The lowest BCUT2D eigenvalue weighted by atomic mass is 9.96. The van der Waals surface area contributed by atoms with E-state index in [0.717, 1.165) is 0 Å². The maximum absolute atomic E-state index is 11.3. The van der Waals surface area contributed by atoms with Crippen molar-refractivity contribution >= 4 is 11.8 Å². The lowest BCUT2D eigenvalue weighted by Gasteiger charge is -2.21. The van der Waals surface area contributed by atoms with E-state index in [-0.39, 0.29) is 18.6 Å². The average molecular weight is 173 g/mol. The van der Waals surface area contributed by atoms with Crippen molar-refractivity contribution in [3.63, 3.8) is 0 Å². The van der Waals surface area contributed by atoms with Gasteiger partial charge in [-0.05, 0) is 20.9 Å². The van der Waals surface area contributed by atoms with Crippen LogP contribution < -0.4 is 5.32 Å². The molecule has 0 amide bonds. The third-order valence-electron chi connectivity index (χ3n) is 1.89. The summed E-state index contributed by atoms with van der Waals surface area (Å²) in [4.78, 5) is 21.4. The number of carbonyl (C=O) groups is 2. The number of rotatable bonds is 5. The molecule has 0 aromatic heterocycles. The van der Waals surface area contributed by atoms with E-state index in [0.29, 0.717) is 0 Å². The van der Waals surface area contributed by atoms with Crippen LogP contribution in [0.3, 0.4) is 0 Å². The maximum Gasteiger partial charge on any atom is 0.303 e. The fourth-order valence-electron chi connectivity index (χ4n) is 0.672. The van der Waals surface area contributed by atoms with Gasteiger partial charge in [0.15, 0.2) is 5.78 Å². The molecular formula is C8H15NO3. The molecule has 0 aliphatic rings. The van der Waals surface area contributed by atoms with Gasteiger partial charge in [0.25, 0.3) is 0 Å². The van der Waals surface area contributed by atoms with Crippen LogP contribution in [0.15, 0.2) is 0 Å². The Hall–Kier alpha value is -0.900. The molecule has 0 aromatic rings. The molecule has 0 aromatic carbocycles. The van der Waals surface area contributed by atoms with Gasteiger partial charge in [-0.1, -0.05) is 0 Å². The molecule has 0 unspecified atom stereocenters. The Morgan fingerprint density at radius 3 is 2.17 bits per heavy atom. The molecule has 12 heavy (non-hydrogen) atoms. The molecule has 4 nitrogen and oxygen atoms in total. The van der Waals surface area contributed by atoms with Gasteiger partial charge in [-0.3, -0.25) is 9.59 Å². The molecule has 70 valence electrons. The zero-order valence-corrected chi connectivity index (χ0v) is 7.68. The van der Waals surface area contributed by atoms with Gasteiger partial charge in [0.2, 0.25) is 0 Å². The van der Waals surface area contributed by atoms with Crippen LogP contribution in [0.25, 0.3) is 0 Å². The molecule has 0 rings (SSSR count). The number of Topliss-reactive ketones (excluding diaryl/α,β-unsaturated/α-hetero) is 1. The summed E-state index contributed by atoms with van der Waals surface area (Å²) in [5.41, 5.74) is -0.616. The van der Waals surface area contributed by atoms with E-state index >= 15 is 0 Å². The summed E-state index contributed by atoms with van der Waals surface area (Å²) in [5, 5.41) is 11.2. The lowest BCUT2D eigenvalue weighted by molar-refractivity contribution is -0.139. The summed E-state index contributed by atoms with van der Waals surface area (Å²) in [7, 11) is 1.68. The van der Waals surface area contributed by atoms with E-state index in [1.165, 1.54) is 0 Å². The Morgan fingerprint density at radius 2 is 1.83 bits per heavy atom. The van der Waals surface area contributed by atoms with Gasteiger partial charge in [-0.25, -0.2) is 0 Å². The number of likely N-dealkylation sites (N-methyl/N-ethyl adjacent to an activating group) is 1. The second-order valence-electron chi connectivity index (χ2n) is 3.19. The van der Waals surface area contributed by atoms with Gasteiger partial charge >= 0.3 is 5.97 Å². The van der Waals surface area contributed by atoms with Gasteiger partial charge < -0.3 is 10.4 Å². The van der Waals surface area contributed by atoms with E-state index in [1.54, 1.807) is 20.9 Å². The van der Waals surface area contributed by atoms with Crippen LogP contribution in [-0.4, -0.2) is 29.4 Å². The van der Waals surface area contributed by atoms with Crippen LogP contribution in [0.5, 0.6) is 0 Å². The largest absolute Gasteiger partial charge is 0.481 e. The highest BCUT2D eigenvalue weighted by molar-refractivity contribution is 5.89. The summed E-state index contributed by atoms with van der Waals surface area (Å²) in [6, 6.07) is 0. The lowest BCUT2D eigenvalue weighted by Crippen LogP contribution is -2.44. The number of nitrogens with one attached hydrogen (secondary N) is 1. The Balaban J connectivity index is 3.96. The van der Waals surface area contributed by atoms with Gasteiger partial charge in [-0.15, -0.1) is 0 Å². The van der Waals surface area contributed by atoms with Crippen molar-refractivity contribution in [2.24, 2.45) is 0 Å². The minimum Gasteiger partial charge on any atom is -0.481 e. The van der Waals surface area contributed by atoms with Crippen molar-refractivity contribution in [2.45, 2.75) is 32.2 Å². The normalized spacial score (nSPS) is 11.2. The van der Waals surface area contributed by atoms with Crippen molar-refractivity contribution < 1.29 is 14.7 Å². The first kappa shape index (κ1) is 11.1. The van der Waals surface area contributed by atoms with Crippen LogP contribution in [0.4, 0.5) is 0 Å². The number of carboxylic acid groups (broad SMARTS) is 1. The zero-order valence-electron chi connectivity index (χ0n) is 7.68. The molecule has 0 heterocycles. The van der Waals surface area contributed by atoms with Crippen LogP contribution in [0, 0.1) is 0 Å². The monoisotopic (exact) mass is 173 g/mol.